The highest BCUT2D eigenvalue weighted by molar-refractivity contribution is 5.82. The average Bonchev–Trinajstić information content (AvgIpc) is 2.68. The van der Waals surface area contributed by atoms with E-state index in [0.29, 0.717) is 0 Å². The summed E-state index contributed by atoms with van der Waals surface area (Å²) in [6.45, 7) is 5.05. The van der Waals surface area contributed by atoms with Crippen LogP contribution >= 0.6 is 0 Å². The number of fused-ring (bicyclic) bond motifs is 1. The topological polar surface area (TPSA) is 55.9 Å². The number of benzene rings is 1. The van der Waals surface area contributed by atoms with Gasteiger partial charge in [0.1, 0.15) is 0 Å². The first-order valence-corrected chi connectivity index (χ1v) is 5.66. The first-order valence-electron chi connectivity index (χ1n) is 5.66. The van der Waals surface area contributed by atoms with Gasteiger partial charge in [0.2, 0.25) is 0 Å². The first kappa shape index (κ1) is 11.1. The average molecular weight is 218 g/mol. The lowest BCUT2D eigenvalue weighted by molar-refractivity contribution is 0.554. The van der Waals surface area contributed by atoms with E-state index in [1.54, 1.807) is 0 Å². The Hall–Kier alpha value is -1.39. The van der Waals surface area contributed by atoms with E-state index in [2.05, 4.69) is 36.5 Å². The van der Waals surface area contributed by atoms with Gasteiger partial charge in [-0.2, -0.15) is 5.10 Å². The van der Waals surface area contributed by atoms with Crippen molar-refractivity contribution in [3.63, 3.8) is 0 Å². The molecule has 0 amide bonds. The number of nitrogens with one attached hydrogen (secondary N) is 1. The molecule has 0 aliphatic carbocycles. The van der Waals surface area contributed by atoms with Gasteiger partial charge < -0.3 is 0 Å². The van der Waals surface area contributed by atoms with Crippen LogP contribution in [0.1, 0.15) is 19.5 Å². The highest BCUT2D eigenvalue weighted by Crippen LogP contribution is 2.19. The summed E-state index contributed by atoms with van der Waals surface area (Å²) >= 11 is 0. The second kappa shape index (κ2) is 4.63. The quantitative estimate of drug-likeness (QED) is 0.603. The minimum absolute atomic E-state index is 0.239. The van der Waals surface area contributed by atoms with Crippen LogP contribution in [0.3, 0.4) is 0 Å². The maximum atomic E-state index is 5.42. The molecule has 0 fully saturated rings. The number of hydrogen-bond acceptors (Lipinski definition) is 3. The van der Waals surface area contributed by atoms with Gasteiger partial charge in [0.25, 0.3) is 0 Å². The summed E-state index contributed by atoms with van der Waals surface area (Å²) < 4.78 is 2.04. The minimum atomic E-state index is 0.239. The van der Waals surface area contributed by atoms with Crippen molar-refractivity contribution in [3.05, 3.63) is 30.0 Å². The minimum Gasteiger partial charge on any atom is -0.271 e. The molecule has 1 aromatic carbocycles. The van der Waals surface area contributed by atoms with Crippen molar-refractivity contribution < 1.29 is 0 Å². The SMILES string of the molecule is CCn1nc(CC(C)NN)c2ccccc21. The van der Waals surface area contributed by atoms with Crippen molar-refractivity contribution >= 4 is 10.9 Å². The van der Waals surface area contributed by atoms with E-state index in [4.69, 9.17) is 5.84 Å². The van der Waals surface area contributed by atoms with Crippen LogP contribution in [0.25, 0.3) is 10.9 Å². The maximum Gasteiger partial charge on any atom is 0.0719 e. The molecule has 1 heterocycles. The predicted octanol–water partition coefficient (Wildman–Crippen LogP) is 1.45. The Bertz CT molecular complexity index is 475. The summed E-state index contributed by atoms with van der Waals surface area (Å²) in [6.07, 6.45) is 0.851. The van der Waals surface area contributed by atoms with E-state index in [9.17, 15) is 0 Å². The zero-order valence-corrected chi connectivity index (χ0v) is 9.77. The number of nitrogens with two attached hydrogens (primary N) is 1. The molecule has 0 saturated heterocycles. The van der Waals surface area contributed by atoms with Crippen LogP contribution in [0.15, 0.2) is 24.3 Å². The van der Waals surface area contributed by atoms with Gasteiger partial charge in [0.15, 0.2) is 0 Å². The number of hydrazine groups is 1. The molecule has 16 heavy (non-hydrogen) atoms. The van der Waals surface area contributed by atoms with Crippen LogP contribution in [0.4, 0.5) is 0 Å². The third kappa shape index (κ3) is 1.94. The van der Waals surface area contributed by atoms with Gasteiger partial charge >= 0.3 is 0 Å². The van der Waals surface area contributed by atoms with Crippen LogP contribution in [-0.4, -0.2) is 15.8 Å². The summed E-state index contributed by atoms with van der Waals surface area (Å²) in [6, 6.07) is 8.56. The number of rotatable bonds is 4. The van der Waals surface area contributed by atoms with Crippen LogP contribution < -0.4 is 11.3 Å². The highest BCUT2D eigenvalue weighted by atomic mass is 15.3. The number of nitrogens with zero attached hydrogens (tertiary/aromatic N) is 2. The van der Waals surface area contributed by atoms with Gasteiger partial charge in [-0.05, 0) is 19.9 Å². The summed E-state index contributed by atoms with van der Waals surface area (Å²) in [5.74, 6) is 5.42. The number of aryl methyl sites for hydroxylation is 1. The van der Waals surface area contributed by atoms with E-state index in [0.717, 1.165) is 18.7 Å². The van der Waals surface area contributed by atoms with Crippen LogP contribution in [0.2, 0.25) is 0 Å². The zero-order chi connectivity index (χ0) is 11.5. The standard InChI is InChI=1S/C12H18N4/c1-3-16-12-7-5-4-6-10(12)11(15-16)8-9(2)14-13/h4-7,9,14H,3,8,13H2,1-2H3. The van der Waals surface area contributed by atoms with Crippen molar-refractivity contribution in [1.29, 1.82) is 0 Å². The highest BCUT2D eigenvalue weighted by Gasteiger charge is 2.11. The molecule has 1 unspecified atom stereocenters. The van der Waals surface area contributed by atoms with E-state index < -0.39 is 0 Å². The Kier molecular flexibility index (Phi) is 3.22. The summed E-state index contributed by atoms with van der Waals surface area (Å²) in [5, 5.41) is 5.85. The molecule has 1 atom stereocenters. The van der Waals surface area contributed by atoms with Crippen molar-refractivity contribution in [2.45, 2.75) is 32.9 Å². The Morgan fingerprint density at radius 3 is 2.88 bits per heavy atom. The monoisotopic (exact) mass is 218 g/mol. The molecule has 2 rings (SSSR count). The molecule has 2 aromatic rings. The molecule has 3 N–H and O–H groups in total. The Labute approximate surface area is 95.4 Å². The molecular weight excluding hydrogens is 200 g/mol. The molecule has 0 saturated carbocycles. The lowest BCUT2D eigenvalue weighted by Crippen LogP contribution is -2.34. The van der Waals surface area contributed by atoms with Crippen molar-refractivity contribution in [1.82, 2.24) is 15.2 Å². The van der Waals surface area contributed by atoms with E-state index in [1.165, 1.54) is 10.9 Å². The van der Waals surface area contributed by atoms with E-state index in [1.807, 2.05) is 16.8 Å². The van der Waals surface area contributed by atoms with Crippen LogP contribution in [0, 0.1) is 0 Å². The van der Waals surface area contributed by atoms with Crippen molar-refractivity contribution in [2.75, 3.05) is 0 Å². The zero-order valence-electron chi connectivity index (χ0n) is 9.77. The molecule has 86 valence electrons. The fraction of sp³-hybridized carbons (Fsp3) is 0.417. The lowest BCUT2D eigenvalue weighted by atomic mass is 10.1. The number of hydrogen-bond donors (Lipinski definition) is 2. The smallest absolute Gasteiger partial charge is 0.0719 e. The fourth-order valence-corrected chi connectivity index (χ4v) is 1.94. The van der Waals surface area contributed by atoms with Gasteiger partial charge in [-0.25, -0.2) is 0 Å². The normalized spacial score (nSPS) is 13.2. The number of para-hydroxylation sites is 1. The molecule has 4 heteroatoms. The molecule has 0 aliphatic heterocycles. The molecule has 1 aromatic heterocycles. The van der Waals surface area contributed by atoms with Crippen molar-refractivity contribution in [3.8, 4) is 0 Å². The van der Waals surface area contributed by atoms with E-state index >= 15 is 0 Å². The van der Waals surface area contributed by atoms with Gasteiger partial charge in [-0.3, -0.25) is 16.0 Å². The molecule has 0 aliphatic rings. The summed E-state index contributed by atoms with van der Waals surface area (Å²) in [4.78, 5) is 0. The molecule has 0 radical (unpaired) electrons. The maximum absolute atomic E-state index is 5.42. The molecule has 0 bridgehead atoms. The molecule has 0 spiro atoms. The summed E-state index contributed by atoms with van der Waals surface area (Å²) in [7, 11) is 0. The number of aromatic nitrogens is 2. The van der Waals surface area contributed by atoms with Gasteiger partial charge in [-0.1, -0.05) is 18.2 Å². The largest absolute Gasteiger partial charge is 0.271 e. The molecular formula is C12H18N4. The summed E-state index contributed by atoms with van der Waals surface area (Å²) in [5.41, 5.74) is 5.07. The second-order valence-electron chi connectivity index (χ2n) is 4.05. The van der Waals surface area contributed by atoms with Crippen LogP contribution in [0.5, 0.6) is 0 Å². The van der Waals surface area contributed by atoms with Gasteiger partial charge in [0, 0.05) is 24.4 Å². The Morgan fingerprint density at radius 1 is 1.44 bits per heavy atom. The lowest BCUT2D eigenvalue weighted by Gasteiger charge is -2.06. The third-order valence-electron chi connectivity index (χ3n) is 2.82. The van der Waals surface area contributed by atoms with Crippen molar-refractivity contribution in [2.24, 2.45) is 5.84 Å². The first-order chi connectivity index (χ1) is 7.76. The third-order valence-corrected chi connectivity index (χ3v) is 2.82. The predicted molar refractivity (Wildman–Crippen MR) is 65.9 cm³/mol. The van der Waals surface area contributed by atoms with Gasteiger partial charge in [-0.15, -0.1) is 0 Å². The fourth-order valence-electron chi connectivity index (χ4n) is 1.94. The van der Waals surface area contributed by atoms with Crippen LogP contribution in [-0.2, 0) is 13.0 Å². The Balaban J connectivity index is 2.45. The van der Waals surface area contributed by atoms with E-state index in [-0.39, 0.29) is 6.04 Å². The molecule has 4 nitrogen and oxygen atoms in total. The second-order valence-corrected chi connectivity index (χ2v) is 4.05. The van der Waals surface area contributed by atoms with Gasteiger partial charge in [0.05, 0.1) is 11.2 Å². The Morgan fingerprint density at radius 2 is 2.19 bits per heavy atom.